The molecule has 0 unspecified atom stereocenters. The molecule has 2 aromatic carbocycles. The summed E-state index contributed by atoms with van der Waals surface area (Å²) in [6.45, 7) is 0.917. The van der Waals surface area contributed by atoms with Crippen LogP contribution in [0.5, 0.6) is 0 Å². The van der Waals surface area contributed by atoms with Crippen molar-refractivity contribution < 1.29 is 27.6 Å². The first-order valence-corrected chi connectivity index (χ1v) is 11.2. The molecule has 3 amide bonds. The van der Waals surface area contributed by atoms with Gasteiger partial charge < -0.3 is 10.6 Å². The van der Waals surface area contributed by atoms with Gasteiger partial charge in [0.05, 0.1) is 5.56 Å². The summed E-state index contributed by atoms with van der Waals surface area (Å²) < 4.78 is 37.6. The highest BCUT2D eigenvalue weighted by molar-refractivity contribution is 6.25. The molecule has 0 saturated carbocycles. The van der Waals surface area contributed by atoms with Crippen LogP contribution in [0.15, 0.2) is 54.7 Å². The third-order valence-electron chi connectivity index (χ3n) is 5.71. The summed E-state index contributed by atoms with van der Waals surface area (Å²) in [5.74, 6) is -0.611. The molecular weight excluding hydrogens is 461 g/mol. The Balaban J connectivity index is 1.18. The van der Waals surface area contributed by atoms with Crippen LogP contribution in [0.1, 0.15) is 45.5 Å². The van der Waals surface area contributed by atoms with Crippen LogP contribution in [-0.2, 0) is 11.0 Å². The summed E-state index contributed by atoms with van der Waals surface area (Å²) in [5.41, 5.74) is 0.152. The Morgan fingerprint density at radius 2 is 1.60 bits per heavy atom. The van der Waals surface area contributed by atoms with E-state index in [0.717, 1.165) is 17.6 Å². The van der Waals surface area contributed by atoms with E-state index in [1.807, 2.05) is 12.1 Å². The number of anilines is 1. The molecule has 182 valence electrons. The van der Waals surface area contributed by atoms with Gasteiger partial charge in [0.25, 0.3) is 11.8 Å². The molecule has 2 N–H and O–H groups in total. The summed E-state index contributed by atoms with van der Waals surface area (Å²) in [7, 11) is 0. The van der Waals surface area contributed by atoms with E-state index in [1.54, 1.807) is 24.3 Å². The number of pyridine rings is 1. The van der Waals surface area contributed by atoms with Gasteiger partial charge in [-0.25, -0.2) is 4.98 Å². The van der Waals surface area contributed by atoms with Crippen LogP contribution in [0.25, 0.3) is 10.8 Å². The van der Waals surface area contributed by atoms with Gasteiger partial charge in [-0.15, -0.1) is 0 Å². The Hall–Kier alpha value is -3.95. The highest BCUT2D eigenvalue weighted by Crippen LogP contribution is 2.30. The van der Waals surface area contributed by atoms with Crippen LogP contribution in [-0.4, -0.2) is 47.2 Å². The Labute approximate surface area is 199 Å². The maximum atomic E-state index is 12.9. The first-order valence-electron chi connectivity index (χ1n) is 11.2. The number of nitrogens with one attached hydrogen (secondary N) is 2. The Kier molecular flexibility index (Phi) is 6.99. The molecule has 10 heteroatoms. The largest absolute Gasteiger partial charge is 0.417 e. The Bertz CT molecular complexity index is 1210. The fraction of sp³-hybridized carbons (Fsp3) is 0.280. The van der Waals surface area contributed by atoms with Crippen LogP contribution < -0.4 is 10.6 Å². The predicted molar refractivity (Wildman–Crippen MR) is 124 cm³/mol. The molecule has 35 heavy (non-hydrogen) atoms. The van der Waals surface area contributed by atoms with Crippen molar-refractivity contribution in [1.82, 2.24) is 15.2 Å². The van der Waals surface area contributed by atoms with E-state index in [4.69, 9.17) is 0 Å². The summed E-state index contributed by atoms with van der Waals surface area (Å²) in [6, 6.07) is 12.9. The highest BCUT2D eigenvalue weighted by Gasteiger charge is 2.32. The SMILES string of the molecule is O=C(CCCN1C(=O)c2cccc3cccc(c23)C1=O)NCCCNc1ccc(C(F)(F)F)cn1. The van der Waals surface area contributed by atoms with Crippen molar-refractivity contribution in [2.45, 2.75) is 25.4 Å². The number of hydrogen-bond acceptors (Lipinski definition) is 5. The summed E-state index contributed by atoms with van der Waals surface area (Å²) in [6.07, 6.45) is -2.64. The van der Waals surface area contributed by atoms with Gasteiger partial charge in [-0.05, 0) is 42.5 Å². The van der Waals surface area contributed by atoms with Gasteiger partial charge in [-0.2, -0.15) is 13.2 Å². The molecule has 1 aliphatic rings. The molecule has 1 aromatic heterocycles. The van der Waals surface area contributed by atoms with Gasteiger partial charge in [-0.3, -0.25) is 19.3 Å². The van der Waals surface area contributed by atoms with Crippen molar-refractivity contribution >= 4 is 34.3 Å². The molecule has 0 atom stereocenters. The van der Waals surface area contributed by atoms with E-state index in [2.05, 4.69) is 15.6 Å². The Morgan fingerprint density at radius 3 is 2.20 bits per heavy atom. The van der Waals surface area contributed by atoms with Crippen LogP contribution in [0, 0.1) is 0 Å². The molecule has 4 rings (SSSR count). The third-order valence-corrected chi connectivity index (χ3v) is 5.71. The third kappa shape index (κ3) is 5.42. The van der Waals surface area contributed by atoms with Crippen molar-refractivity contribution in [3.8, 4) is 0 Å². The van der Waals surface area contributed by atoms with E-state index in [1.165, 1.54) is 11.0 Å². The minimum absolute atomic E-state index is 0.136. The van der Waals surface area contributed by atoms with E-state index in [0.29, 0.717) is 48.3 Å². The second-order valence-corrected chi connectivity index (χ2v) is 8.13. The topological polar surface area (TPSA) is 91.4 Å². The molecule has 0 fully saturated rings. The maximum absolute atomic E-state index is 12.9. The number of rotatable bonds is 9. The lowest BCUT2D eigenvalue weighted by Gasteiger charge is -2.27. The van der Waals surface area contributed by atoms with E-state index >= 15 is 0 Å². The summed E-state index contributed by atoms with van der Waals surface area (Å²) >= 11 is 0. The minimum Gasteiger partial charge on any atom is -0.370 e. The number of imide groups is 1. The first-order chi connectivity index (χ1) is 16.8. The molecule has 2 heterocycles. The highest BCUT2D eigenvalue weighted by atomic mass is 19.4. The van der Waals surface area contributed by atoms with Gasteiger partial charge in [-0.1, -0.05) is 24.3 Å². The van der Waals surface area contributed by atoms with Gasteiger partial charge in [0.15, 0.2) is 0 Å². The van der Waals surface area contributed by atoms with Crippen molar-refractivity contribution in [2.75, 3.05) is 25.0 Å². The number of amides is 3. The van der Waals surface area contributed by atoms with Crippen molar-refractivity contribution in [3.05, 3.63) is 71.4 Å². The van der Waals surface area contributed by atoms with Crippen molar-refractivity contribution in [2.24, 2.45) is 0 Å². The summed E-state index contributed by atoms with van der Waals surface area (Å²) in [5, 5.41) is 7.15. The smallest absolute Gasteiger partial charge is 0.370 e. The van der Waals surface area contributed by atoms with Crippen LogP contribution in [0.3, 0.4) is 0 Å². The van der Waals surface area contributed by atoms with Gasteiger partial charge in [0, 0.05) is 48.8 Å². The lowest BCUT2D eigenvalue weighted by molar-refractivity contribution is -0.137. The maximum Gasteiger partial charge on any atom is 0.417 e. The van der Waals surface area contributed by atoms with Crippen molar-refractivity contribution in [1.29, 1.82) is 0 Å². The lowest BCUT2D eigenvalue weighted by Crippen LogP contribution is -2.41. The number of hydrogen-bond donors (Lipinski definition) is 2. The number of alkyl halides is 3. The summed E-state index contributed by atoms with van der Waals surface area (Å²) in [4.78, 5) is 42.7. The first kappa shape index (κ1) is 24.2. The van der Waals surface area contributed by atoms with E-state index in [-0.39, 0.29) is 30.7 Å². The Morgan fingerprint density at radius 1 is 0.914 bits per heavy atom. The van der Waals surface area contributed by atoms with Gasteiger partial charge >= 0.3 is 6.18 Å². The predicted octanol–water partition coefficient (Wildman–Crippen LogP) is 4.25. The molecule has 1 aliphatic heterocycles. The number of halogens is 3. The molecule has 0 radical (unpaired) electrons. The van der Waals surface area contributed by atoms with E-state index < -0.39 is 11.7 Å². The number of aromatic nitrogens is 1. The fourth-order valence-electron chi connectivity index (χ4n) is 3.97. The van der Waals surface area contributed by atoms with Crippen LogP contribution >= 0.6 is 0 Å². The van der Waals surface area contributed by atoms with Crippen LogP contribution in [0.2, 0.25) is 0 Å². The molecule has 3 aromatic rings. The van der Waals surface area contributed by atoms with Crippen molar-refractivity contribution in [3.63, 3.8) is 0 Å². The second-order valence-electron chi connectivity index (χ2n) is 8.13. The molecule has 0 saturated heterocycles. The molecule has 0 aliphatic carbocycles. The normalized spacial score (nSPS) is 13.3. The van der Waals surface area contributed by atoms with Gasteiger partial charge in [0.2, 0.25) is 5.91 Å². The average molecular weight is 484 g/mol. The number of carbonyl (C=O) groups excluding carboxylic acids is 3. The lowest BCUT2D eigenvalue weighted by atomic mass is 9.94. The quantitative estimate of drug-likeness (QED) is 0.350. The standard InChI is InChI=1S/C25H23F3N4O3/c26-25(27,28)17-10-11-20(31-15-17)29-12-4-13-30-21(33)9-3-14-32-23(34)18-7-1-5-16-6-2-8-19(22(16)18)24(32)35/h1-2,5-8,10-11,15H,3-4,9,12-14H2,(H,29,31)(H,30,33). The molecule has 0 bridgehead atoms. The number of nitrogens with zero attached hydrogens (tertiary/aromatic N) is 2. The zero-order valence-corrected chi connectivity index (χ0v) is 18.7. The monoisotopic (exact) mass is 484 g/mol. The minimum atomic E-state index is -4.43. The second kappa shape index (κ2) is 10.1. The molecule has 0 spiro atoms. The zero-order valence-electron chi connectivity index (χ0n) is 18.7. The fourth-order valence-corrected chi connectivity index (χ4v) is 3.97. The van der Waals surface area contributed by atoms with E-state index in [9.17, 15) is 27.6 Å². The molecule has 7 nitrogen and oxygen atoms in total. The van der Waals surface area contributed by atoms with Gasteiger partial charge in [0.1, 0.15) is 5.82 Å². The number of carbonyl (C=O) groups is 3. The average Bonchev–Trinajstić information content (AvgIpc) is 2.84. The zero-order chi connectivity index (χ0) is 25.0. The number of benzene rings is 2. The van der Waals surface area contributed by atoms with Crippen LogP contribution in [0.4, 0.5) is 19.0 Å². The molecular formula is C25H23F3N4O3.